The number of benzene rings is 2. The Balaban J connectivity index is 1.59. The summed E-state index contributed by atoms with van der Waals surface area (Å²) >= 11 is 0. The minimum Gasteiger partial charge on any atom is -0.441 e. The molecule has 0 aliphatic carbocycles. The molecular formula is C22H19N2O+. The number of pyridine rings is 1. The predicted molar refractivity (Wildman–Crippen MR) is 97.9 cm³/mol. The fourth-order valence-electron chi connectivity index (χ4n) is 2.88. The van der Waals surface area contributed by atoms with Crippen molar-refractivity contribution in [3.05, 3.63) is 96.5 Å². The first-order valence-corrected chi connectivity index (χ1v) is 8.36. The van der Waals surface area contributed by atoms with Crippen LogP contribution in [-0.4, -0.2) is 4.98 Å². The van der Waals surface area contributed by atoms with Crippen LogP contribution in [0.25, 0.3) is 22.7 Å². The first-order chi connectivity index (χ1) is 12.3. The lowest BCUT2D eigenvalue weighted by atomic mass is 10.1. The van der Waals surface area contributed by atoms with Crippen LogP contribution in [0.1, 0.15) is 11.3 Å². The third kappa shape index (κ3) is 3.36. The van der Waals surface area contributed by atoms with Gasteiger partial charge < -0.3 is 4.42 Å². The second-order valence-corrected chi connectivity index (χ2v) is 6.03. The molecule has 0 saturated carbocycles. The van der Waals surface area contributed by atoms with E-state index < -0.39 is 0 Å². The molecule has 0 bridgehead atoms. The Morgan fingerprint density at radius 2 is 1.44 bits per heavy atom. The van der Waals surface area contributed by atoms with Gasteiger partial charge in [-0.15, -0.1) is 0 Å². The molecule has 0 fully saturated rings. The van der Waals surface area contributed by atoms with E-state index in [0.29, 0.717) is 5.89 Å². The van der Waals surface area contributed by atoms with Crippen molar-refractivity contribution in [2.75, 3.05) is 0 Å². The Bertz CT molecular complexity index is 958. The fraction of sp³-hybridized carbons (Fsp3) is 0.0909. The van der Waals surface area contributed by atoms with Crippen LogP contribution in [0.4, 0.5) is 0 Å². The molecule has 4 rings (SSSR count). The van der Waals surface area contributed by atoms with Crippen molar-refractivity contribution >= 4 is 0 Å². The van der Waals surface area contributed by atoms with Crippen LogP contribution in [0.3, 0.4) is 0 Å². The quantitative estimate of drug-likeness (QED) is 0.511. The summed E-state index contributed by atoms with van der Waals surface area (Å²) in [6, 6.07) is 24.6. The average Bonchev–Trinajstić information content (AvgIpc) is 3.06. The first kappa shape index (κ1) is 15.3. The molecule has 2 aromatic carbocycles. The Kier molecular flexibility index (Phi) is 4.13. The Hall–Kier alpha value is -3.20. The van der Waals surface area contributed by atoms with E-state index in [4.69, 9.17) is 4.42 Å². The monoisotopic (exact) mass is 327 g/mol. The molecule has 0 atom stereocenters. The summed E-state index contributed by atoms with van der Waals surface area (Å²) in [5.41, 5.74) is 4.23. The highest BCUT2D eigenvalue weighted by atomic mass is 16.4. The number of aromatic nitrogens is 2. The number of hydrogen-bond acceptors (Lipinski definition) is 2. The Labute approximate surface area is 147 Å². The van der Waals surface area contributed by atoms with Gasteiger partial charge in [-0.3, -0.25) is 0 Å². The van der Waals surface area contributed by atoms with E-state index in [2.05, 4.69) is 58.3 Å². The van der Waals surface area contributed by atoms with E-state index in [1.54, 1.807) is 0 Å². The second kappa shape index (κ2) is 6.73. The third-order valence-electron chi connectivity index (χ3n) is 4.19. The van der Waals surface area contributed by atoms with E-state index >= 15 is 0 Å². The SMILES string of the molecule is Cc1oc(-c2ccccc2)nc1-c1cc[n+](Cc2ccccc2)cc1. The summed E-state index contributed by atoms with van der Waals surface area (Å²) in [5, 5.41) is 0. The highest BCUT2D eigenvalue weighted by molar-refractivity contribution is 5.64. The third-order valence-corrected chi connectivity index (χ3v) is 4.19. The van der Waals surface area contributed by atoms with E-state index in [0.717, 1.165) is 29.1 Å². The molecule has 0 aliphatic heterocycles. The van der Waals surface area contributed by atoms with Gasteiger partial charge in [0.15, 0.2) is 18.9 Å². The summed E-state index contributed by atoms with van der Waals surface area (Å²) in [6.45, 7) is 2.81. The highest BCUT2D eigenvalue weighted by Crippen LogP contribution is 2.27. The largest absolute Gasteiger partial charge is 0.441 e. The number of nitrogens with zero attached hydrogens (tertiary/aromatic N) is 2. The molecule has 0 N–H and O–H groups in total. The van der Waals surface area contributed by atoms with Crippen LogP contribution in [0.2, 0.25) is 0 Å². The Morgan fingerprint density at radius 3 is 2.12 bits per heavy atom. The maximum atomic E-state index is 5.86. The first-order valence-electron chi connectivity index (χ1n) is 8.36. The Morgan fingerprint density at radius 1 is 0.800 bits per heavy atom. The van der Waals surface area contributed by atoms with Crippen molar-refractivity contribution in [2.45, 2.75) is 13.5 Å². The van der Waals surface area contributed by atoms with Crippen LogP contribution in [0.5, 0.6) is 0 Å². The zero-order valence-corrected chi connectivity index (χ0v) is 14.1. The van der Waals surface area contributed by atoms with Crippen molar-refractivity contribution in [1.82, 2.24) is 4.98 Å². The van der Waals surface area contributed by atoms with Crippen LogP contribution in [0.15, 0.2) is 89.6 Å². The van der Waals surface area contributed by atoms with Gasteiger partial charge in [-0.25, -0.2) is 9.55 Å². The van der Waals surface area contributed by atoms with Gasteiger partial charge in [0.05, 0.1) is 0 Å². The van der Waals surface area contributed by atoms with Gasteiger partial charge in [0, 0.05) is 28.8 Å². The van der Waals surface area contributed by atoms with Crippen molar-refractivity contribution in [1.29, 1.82) is 0 Å². The number of rotatable bonds is 4. The molecule has 0 unspecified atom stereocenters. The van der Waals surface area contributed by atoms with E-state index in [-0.39, 0.29) is 0 Å². The molecule has 0 saturated heterocycles. The molecule has 0 amide bonds. The smallest absolute Gasteiger partial charge is 0.226 e. The minimum absolute atomic E-state index is 0.661. The fourth-order valence-corrected chi connectivity index (χ4v) is 2.88. The van der Waals surface area contributed by atoms with E-state index in [1.807, 2.05) is 43.3 Å². The number of hydrogen-bond donors (Lipinski definition) is 0. The lowest BCUT2D eigenvalue weighted by molar-refractivity contribution is -0.688. The molecule has 2 aromatic heterocycles. The summed E-state index contributed by atoms with van der Waals surface area (Å²) in [4.78, 5) is 4.69. The second-order valence-electron chi connectivity index (χ2n) is 6.03. The molecule has 0 spiro atoms. The molecule has 4 aromatic rings. The number of oxazole rings is 1. The van der Waals surface area contributed by atoms with E-state index in [9.17, 15) is 0 Å². The molecule has 122 valence electrons. The van der Waals surface area contributed by atoms with Gasteiger partial charge in [0.2, 0.25) is 5.89 Å². The van der Waals surface area contributed by atoms with Crippen LogP contribution >= 0.6 is 0 Å². The molecule has 0 aliphatic rings. The zero-order valence-electron chi connectivity index (χ0n) is 14.1. The van der Waals surface area contributed by atoms with Gasteiger partial charge in [-0.2, -0.15) is 0 Å². The highest BCUT2D eigenvalue weighted by Gasteiger charge is 2.14. The lowest BCUT2D eigenvalue weighted by Crippen LogP contribution is -2.32. The molecule has 25 heavy (non-hydrogen) atoms. The lowest BCUT2D eigenvalue weighted by Gasteiger charge is -1.99. The summed E-state index contributed by atoms with van der Waals surface area (Å²) in [5.74, 6) is 1.49. The topological polar surface area (TPSA) is 29.9 Å². The van der Waals surface area contributed by atoms with Gasteiger partial charge in [0.1, 0.15) is 11.5 Å². The molecule has 0 radical (unpaired) electrons. The maximum absolute atomic E-state index is 5.86. The van der Waals surface area contributed by atoms with Crippen LogP contribution in [0, 0.1) is 6.92 Å². The molecule has 3 heteroatoms. The number of aryl methyl sites for hydroxylation is 1. The normalized spacial score (nSPS) is 10.8. The summed E-state index contributed by atoms with van der Waals surface area (Å²) in [7, 11) is 0. The molecular weight excluding hydrogens is 308 g/mol. The van der Waals surface area contributed by atoms with Crippen molar-refractivity contribution < 1.29 is 8.98 Å². The zero-order chi connectivity index (χ0) is 17.1. The average molecular weight is 327 g/mol. The summed E-state index contributed by atoms with van der Waals surface area (Å²) < 4.78 is 8.02. The predicted octanol–water partition coefficient (Wildman–Crippen LogP) is 4.65. The molecule has 3 nitrogen and oxygen atoms in total. The van der Waals surface area contributed by atoms with Crippen LogP contribution in [-0.2, 0) is 6.54 Å². The van der Waals surface area contributed by atoms with Gasteiger partial charge in [-0.1, -0.05) is 48.5 Å². The van der Waals surface area contributed by atoms with Gasteiger partial charge >= 0.3 is 0 Å². The van der Waals surface area contributed by atoms with Gasteiger partial charge in [-0.05, 0) is 19.1 Å². The molecule has 2 heterocycles. The van der Waals surface area contributed by atoms with Crippen molar-refractivity contribution in [3.63, 3.8) is 0 Å². The van der Waals surface area contributed by atoms with E-state index in [1.165, 1.54) is 5.56 Å². The maximum Gasteiger partial charge on any atom is 0.226 e. The van der Waals surface area contributed by atoms with Crippen molar-refractivity contribution in [2.24, 2.45) is 0 Å². The minimum atomic E-state index is 0.661. The summed E-state index contributed by atoms with van der Waals surface area (Å²) in [6.07, 6.45) is 4.16. The van der Waals surface area contributed by atoms with Crippen LogP contribution < -0.4 is 4.57 Å². The standard InChI is InChI=1S/C22H19N2O/c1-17-21(23-22(25-17)20-10-6-3-7-11-20)19-12-14-24(15-13-19)16-18-8-4-2-5-9-18/h2-15H,16H2,1H3/q+1. The van der Waals surface area contributed by atoms with Gasteiger partial charge in [0.25, 0.3) is 0 Å². The van der Waals surface area contributed by atoms with Crippen molar-refractivity contribution in [3.8, 4) is 22.7 Å².